The van der Waals surface area contributed by atoms with Crippen LogP contribution in [-0.4, -0.2) is 18.1 Å². The van der Waals surface area contributed by atoms with Crippen molar-refractivity contribution in [1.29, 1.82) is 0 Å². The normalized spacial score (nSPS) is 19.9. The van der Waals surface area contributed by atoms with Crippen molar-refractivity contribution < 1.29 is 9.53 Å². The zero-order valence-electron chi connectivity index (χ0n) is 8.82. The van der Waals surface area contributed by atoms with Crippen LogP contribution in [0.25, 0.3) is 0 Å². The fourth-order valence-corrected chi connectivity index (χ4v) is 1.90. The Bertz CT molecular complexity index is 400. The lowest BCUT2D eigenvalue weighted by atomic mass is 10.0. The number of amides is 1. The van der Waals surface area contributed by atoms with E-state index in [2.05, 4.69) is 10.6 Å². The first-order valence-electron chi connectivity index (χ1n) is 4.93. The summed E-state index contributed by atoms with van der Waals surface area (Å²) in [6.07, 6.45) is 0.395. The van der Waals surface area contributed by atoms with Gasteiger partial charge in [-0.2, -0.15) is 0 Å². The molecule has 1 fully saturated rings. The molecule has 1 aliphatic heterocycles. The van der Waals surface area contributed by atoms with E-state index in [9.17, 15) is 4.79 Å². The first kappa shape index (κ1) is 10.9. The van der Waals surface area contributed by atoms with Gasteiger partial charge in [-0.3, -0.25) is 4.79 Å². The molecule has 0 aliphatic carbocycles. The van der Waals surface area contributed by atoms with Crippen LogP contribution < -0.4 is 15.4 Å². The number of nitrogens with one attached hydrogen (secondary N) is 2. The second kappa shape index (κ2) is 4.49. The summed E-state index contributed by atoms with van der Waals surface area (Å²) in [5.41, 5.74) is 1.03. The number of rotatable bonds is 2. The van der Waals surface area contributed by atoms with Crippen LogP contribution in [0.15, 0.2) is 24.3 Å². The molecular weight excluding hydrogens is 224 g/mol. The molecule has 1 saturated heterocycles. The minimum absolute atomic E-state index is 0.0489. The van der Waals surface area contributed by atoms with Gasteiger partial charge in [0.2, 0.25) is 5.91 Å². The van der Waals surface area contributed by atoms with Gasteiger partial charge in [-0.25, -0.2) is 0 Å². The Kier molecular flexibility index (Phi) is 3.05. The van der Waals surface area contributed by atoms with Gasteiger partial charge in [0.1, 0.15) is 5.75 Å². The lowest BCUT2D eigenvalue weighted by molar-refractivity contribution is -0.120. The van der Waals surface area contributed by atoms with E-state index in [1.165, 1.54) is 0 Å². The smallest absolute Gasteiger partial charge is 0.228 e. The molecule has 2 rings (SSSR count). The molecule has 0 saturated carbocycles. The number of methoxy groups -OCH3 is 1. The quantitative estimate of drug-likeness (QED) is 0.756. The van der Waals surface area contributed by atoms with Crippen LogP contribution in [0.5, 0.6) is 5.75 Å². The average molecular weight is 236 g/mol. The van der Waals surface area contributed by atoms with Gasteiger partial charge in [-0.15, -0.1) is 0 Å². The van der Waals surface area contributed by atoms with Gasteiger partial charge in [-0.1, -0.05) is 12.1 Å². The molecule has 1 amide bonds. The van der Waals surface area contributed by atoms with Crippen molar-refractivity contribution in [3.05, 3.63) is 29.8 Å². The van der Waals surface area contributed by atoms with E-state index in [4.69, 9.17) is 17.0 Å². The predicted octanol–water partition coefficient (Wildman–Crippen LogP) is 1.13. The molecule has 5 heteroatoms. The maximum absolute atomic E-state index is 11.3. The summed E-state index contributed by atoms with van der Waals surface area (Å²) < 4.78 is 5.07. The molecule has 1 aromatic rings. The highest BCUT2D eigenvalue weighted by atomic mass is 32.1. The molecule has 0 radical (unpaired) electrons. The number of carbonyl (C=O) groups excluding carboxylic acids is 1. The fraction of sp³-hybridized carbons (Fsp3) is 0.273. The maximum Gasteiger partial charge on any atom is 0.228 e. The van der Waals surface area contributed by atoms with E-state index in [1.54, 1.807) is 7.11 Å². The van der Waals surface area contributed by atoms with Gasteiger partial charge in [0.05, 0.1) is 19.6 Å². The van der Waals surface area contributed by atoms with Crippen LogP contribution in [0.4, 0.5) is 0 Å². The van der Waals surface area contributed by atoms with Crippen molar-refractivity contribution in [2.24, 2.45) is 0 Å². The summed E-state index contributed by atoms with van der Waals surface area (Å²) in [4.78, 5) is 11.3. The van der Waals surface area contributed by atoms with Crippen LogP contribution in [0.2, 0.25) is 0 Å². The number of thiocarbonyl (C=S) groups is 1. The summed E-state index contributed by atoms with van der Waals surface area (Å²) in [7, 11) is 1.62. The zero-order valence-corrected chi connectivity index (χ0v) is 9.64. The van der Waals surface area contributed by atoms with Crippen molar-refractivity contribution in [3.8, 4) is 5.75 Å². The third-order valence-corrected chi connectivity index (χ3v) is 2.69. The summed E-state index contributed by atoms with van der Waals surface area (Å²) in [6, 6.07) is 7.54. The maximum atomic E-state index is 11.3. The molecule has 0 aromatic heterocycles. The minimum Gasteiger partial charge on any atom is -0.497 e. The van der Waals surface area contributed by atoms with Gasteiger partial charge < -0.3 is 15.4 Å². The molecule has 2 N–H and O–H groups in total. The van der Waals surface area contributed by atoms with E-state index < -0.39 is 0 Å². The van der Waals surface area contributed by atoms with Crippen molar-refractivity contribution in [3.63, 3.8) is 0 Å². The number of hydrogen-bond acceptors (Lipinski definition) is 3. The second-order valence-corrected chi connectivity index (χ2v) is 3.96. The SMILES string of the molecule is COc1ccc(C2CC(=O)NC(=S)N2)cc1. The predicted molar refractivity (Wildman–Crippen MR) is 64.2 cm³/mol. The lowest BCUT2D eigenvalue weighted by Crippen LogP contribution is -2.47. The topological polar surface area (TPSA) is 50.4 Å². The lowest BCUT2D eigenvalue weighted by Gasteiger charge is -2.25. The Hall–Kier alpha value is -1.62. The van der Waals surface area contributed by atoms with Gasteiger partial charge in [-0.05, 0) is 29.9 Å². The molecule has 0 bridgehead atoms. The molecule has 1 aliphatic rings. The average Bonchev–Trinajstić information content (AvgIpc) is 2.28. The van der Waals surface area contributed by atoms with Gasteiger partial charge >= 0.3 is 0 Å². The third-order valence-electron chi connectivity index (χ3n) is 2.47. The van der Waals surface area contributed by atoms with Gasteiger partial charge in [0, 0.05) is 0 Å². The Morgan fingerprint density at radius 2 is 2.06 bits per heavy atom. The first-order chi connectivity index (χ1) is 7.69. The molecule has 1 aromatic carbocycles. The van der Waals surface area contributed by atoms with E-state index in [0.717, 1.165) is 11.3 Å². The zero-order chi connectivity index (χ0) is 11.5. The highest BCUT2D eigenvalue weighted by Gasteiger charge is 2.22. The van der Waals surface area contributed by atoms with Crippen LogP contribution in [0, 0.1) is 0 Å². The standard InChI is InChI=1S/C11H12N2O2S/c1-15-8-4-2-7(3-5-8)9-6-10(14)13-11(16)12-9/h2-5,9H,6H2,1H3,(H2,12,13,14,16). The Morgan fingerprint density at radius 3 is 2.62 bits per heavy atom. The molecular formula is C11H12N2O2S. The van der Waals surface area contributed by atoms with Crippen LogP contribution in [0.1, 0.15) is 18.0 Å². The van der Waals surface area contributed by atoms with E-state index in [0.29, 0.717) is 11.5 Å². The first-order valence-corrected chi connectivity index (χ1v) is 5.34. The summed E-state index contributed by atoms with van der Waals surface area (Å²) in [5.74, 6) is 0.746. The van der Waals surface area contributed by atoms with Crippen LogP contribution >= 0.6 is 12.2 Å². The number of carbonyl (C=O) groups is 1. The van der Waals surface area contributed by atoms with Crippen molar-refractivity contribution >= 4 is 23.2 Å². The summed E-state index contributed by atoms with van der Waals surface area (Å²) in [5, 5.41) is 6.00. The monoisotopic (exact) mass is 236 g/mol. The summed E-state index contributed by atoms with van der Waals surface area (Å²) >= 11 is 4.94. The largest absolute Gasteiger partial charge is 0.497 e. The minimum atomic E-state index is -0.0513. The molecule has 16 heavy (non-hydrogen) atoms. The fourth-order valence-electron chi connectivity index (χ4n) is 1.65. The third kappa shape index (κ3) is 2.30. The number of benzene rings is 1. The molecule has 1 atom stereocenters. The number of ether oxygens (including phenoxy) is 1. The highest BCUT2D eigenvalue weighted by Crippen LogP contribution is 2.21. The van der Waals surface area contributed by atoms with Crippen molar-refractivity contribution in [2.75, 3.05) is 7.11 Å². The Morgan fingerprint density at radius 1 is 1.38 bits per heavy atom. The summed E-state index contributed by atoms with van der Waals surface area (Å²) in [6.45, 7) is 0. The van der Waals surface area contributed by atoms with Crippen molar-refractivity contribution in [2.45, 2.75) is 12.5 Å². The van der Waals surface area contributed by atoms with Gasteiger partial charge in [0.15, 0.2) is 5.11 Å². The molecule has 1 unspecified atom stereocenters. The second-order valence-electron chi connectivity index (χ2n) is 3.55. The van der Waals surface area contributed by atoms with Crippen LogP contribution in [0.3, 0.4) is 0 Å². The Balaban J connectivity index is 2.16. The van der Waals surface area contributed by atoms with E-state index in [1.807, 2.05) is 24.3 Å². The molecule has 1 heterocycles. The van der Waals surface area contributed by atoms with E-state index in [-0.39, 0.29) is 11.9 Å². The van der Waals surface area contributed by atoms with E-state index >= 15 is 0 Å². The highest BCUT2D eigenvalue weighted by molar-refractivity contribution is 7.80. The van der Waals surface area contributed by atoms with Crippen LogP contribution in [-0.2, 0) is 4.79 Å². The van der Waals surface area contributed by atoms with Gasteiger partial charge in [0.25, 0.3) is 0 Å². The Labute approximate surface area is 99.0 Å². The molecule has 0 spiro atoms. The molecule has 84 valence electrons. The number of hydrogen-bond donors (Lipinski definition) is 2. The van der Waals surface area contributed by atoms with Crippen molar-refractivity contribution in [1.82, 2.24) is 10.6 Å². The molecule has 4 nitrogen and oxygen atoms in total.